The fourth-order valence-electron chi connectivity index (χ4n) is 3.63. The van der Waals surface area contributed by atoms with Crippen LogP contribution in [0.15, 0.2) is 48.5 Å². The van der Waals surface area contributed by atoms with E-state index in [1.54, 1.807) is 0 Å². The van der Waals surface area contributed by atoms with Gasteiger partial charge in [0.25, 0.3) is 5.69 Å². The molecule has 1 fully saturated rings. The summed E-state index contributed by atoms with van der Waals surface area (Å²) in [6.07, 6.45) is 6.65. The molecule has 0 aromatic heterocycles. The highest BCUT2D eigenvalue weighted by atomic mass is 16.6. The highest BCUT2D eigenvalue weighted by Crippen LogP contribution is 2.20. The Bertz CT molecular complexity index is 889. The minimum absolute atomic E-state index is 0.0816. The summed E-state index contributed by atoms with van der Waals surface area (Å²) in [5, 5.41) is 15.7. The normalized spacial score (nSPS) is 13.9. The Morgan fingerprint density at radius 1 is 0.903 bits per heavy atom. The summed E-state index contributed by atoms with van der Waals surface area (Å²) in [4.78, 5) is 36.5. The summed E-state index contributed by atoms with van der Waals surface area (Å²) < 4.78 is 0. The first-order chi connectivity index (χ1) is 15.0. The van der Waals surface area contributed by atoms with Crippen LogP contribution in [0, 0.1) is 10.1 Å². The summed E-state index contributed by atoms with van der Waals surface area (Å²) in [6.45, 7) is 2.63. The number of nitro benzene ring substituents is 1. The van der Waals surface area contributed by atoms with E-state index >= 15 is 0 Å². The second-order valence-corrected chi connectivity index (χ2v) is 7.69. The number of hydrogen-bond acceptors (Lipinski definition) is 5. The van der Waals surface area contributed by atoms with Crippen molar-refractivity contribution in [3.63, 3.8) is 0 Å². The molecule has 0 bridgehead atoms. The summed E-state index contributed by atoms with van der Waals surface area (Å²) in [6, 6.07) is 13.9. The zero-order chi connectivity index (χ0) is 22.1. The van der Waals surface area contributed by atoms with Gasteiger partial charge in [-0.1, -0.05) is 25.0 Å². The Hall–Kier alpha value is -3.42. The molecule has 1 aliphatic rings. The van der Waals surface area contributed by atoms with Gasteiger partial charge in [-0.2, -0.15) is 0 Å². The van der Waals surface area contributed by atoms with Crippen LogP contribution in [-0.4, -0.2) is 36.4 Å². The summed E-state index contributed by atoms with van der Waals surface area (Å²) >= 11 is 0. The Kier molecular flexibility index (Phi) is 7.98. The van der Waals surface area contributed by atoms with Crippen LogP contribution >= 0.6 is 0 Å². The minimum atomic E-state index is -0.796. The Morgan fingerprint density at radius 3 is 2.16 bits per heavy atom. The van der Waals surface area contributed by atoms with Gasteiger partial charge in [0.1, 0.15) is 0 Å². The van der Waals surface area contributed by atoms with E-state index in [1.807, 2.05) is 0 Å². The number of carbonyl (C=O) groups is 2. The lowest BCUT2D eigenvalue weighted by atomic mass is 10.1. The summed E-state index contributed by atoms with van der Waals surface area (Å²) in [5.41, 5.74) is 2.71. The maximum atomic E-state index is 11.9. The highest BCUT2D eigenvalue weighted by molar-refractivity contribution is 6.39. The second-order valence-electron chi connectivity index (χ2n) is 7.69. The molecule has 8 heteroatoms. The number of carbonyl (C=O) groups excluding carboxylic acids is 2. The second kappa shape index (κ2) is 11.1. The fourth-order valence-corrected chi connectivity index (χ4v) is 3.63. The van der Waals surface area contributed by atoms with Crippen molar-refractivity contribution in [1.29, 1.82) is 0 Å². The molecule has 1 heterocycles. The van der Waals surface area contributed by atoms with Crippen molar-refractivity contribution in [2.75, 3.05) is 29.9 Å². The topological polar surface area (TPSA) is 105 Å². The van der Waals surface area contributed by atoms with Gasteiger partial charge in [0.15, 0.2) is 0 Å². The number of nitrogens with one attached hydrogen (secondary N) is 2. The molecule has 2 N–H and O–H groups in total. The molecule has 0 atom stereocenters. The Morgan fingerprint density at radius 2 is 1.55 bits per heavy atom. The number of rotatable bonds is 7. The van der Waals surface area contributed by atoms with Crippen LogP contribution in [0.1, 0.15) is 37.7 Å². The number of non-ortho nitro benzene ring substituents is 1. The predicted molar refractivity (Wildman–Crippen MR) is 120 cm³/mol. The van der Waals surface area contributed by atoms with E-state index in [0.29, 0.717) is 12.2 Å². The van der Waals surface area contributed by atoms with Crippen LogP contribution < -0.4 is 15.5 Å². The Labute approximate surface area is 181 Å². The molecule has 2 aromatic carbocycles. The lowest BCUT2D eigenvalue weighted by molar-refractivity contribution is -0.384. The van der Waals surface area contributed by atoms with Crippen molar-refractivity contribution in [1.82, 2.24) is 5.32 Å². The van der Waals surface area contributed by atoms with Gasteiger partial charge in [-0.15, -0.1) is 0 Å². The van der Waals surface area contributed by atoms with Gasteiger partial charge >= 0.3 is 11.8 Å². The summed E-state index contributed by atoms with van der Waals surface area (Å²) in [7, 11) is 0. The van der Waals surface area contributed by atoms with E-state index in [0.717, 1.165) is 25.9 Å². The third kappa shape index (κ3) is 6.80. The van der Waals surface area contributed by atoms with Gasteiger partial charge in [0, 0.05) is 43.1 Å². The van der Waals surface area contributed by atoms with E-state index in [9.17, 15) is 19.7 Å². The van der Waals surface area contributed by atoms with Gasteiger partial charge in [-0.3, -0.25) is 19.7 Å². The molecule has 0 radical (unpaired) electrons. The number of amides is 2. The average molecular weight is 425 g/mol. The first kappa shape index (κ1) is 22.3. The monoisotopic (exact) mass is 424 g/mol. The molecule has 0 aliphatic carbocycles. The van der Waals surface area contributed by atoms with Gasteiger partial charge in [-0.25, -0.2) is 0 Å². The van der Waals surface area contributed by atoms with E-state index in [2.05, 4.69) is 39.8 Å². The van der Waals surface area contributed by atoms with Crippen LogP contribution in [0.5, 0.6) is 0 Å². The van der Waals surface area contributed by atoms with Crippen molar-refractivity contribution >= 4 is 28.9 Å². The molecule has 2 amide bonds. The maximum Gasteiger partial charge on any atom is 0.313 e. The van der Waals surface area contributed by atoms with Crippen LogP contribution in [0.3, 0.4) is 0 Å². The lowest BCUT2D eigenvalue weighted by Gasteiger charge is -2.22. The standard InChI is InChI=1S/C23H28N4O4/c28-22(23(29)25-19-9-13-21(14-10-19)27(30)31)24-15-5-6-18-7-11-20(12-8-18)26-16-3-1-2-4-17-26/h7-14H,1-6,15-17H2,(H,24,28)(H,25,29). The summed E-state index contributed by atoms with van der Waals surface area (Å²) in [5.74, 6) is -1.52. The highest BCUT2D eigenvalue weighted by Gasteiger charge is 2.14. The first-order valence-electron chi connectivity index (χ1n) is 10.7. The van der Waals surface area contributed by atoms with E-state index in [-0.39, 0.29) is 5.69 Å². The third-order valence-electron chi connectivity index (χ3n) is 5.38. The van der Waals surface area contributed by atoms with Crippen LogP contribution in [0.4, 0.5) is 17.1 Å². The number of anilines is 2. The number of benzene rings is 2. The first-order valence-corrected chi connectivity index (χ1v) is 10.7. The molecule has 31 heavy (non-hydrogen) atoms. The zero-order valence-electron chi connectivity index (χ0n) is 17.5. The largest absolute Gasteiger partial charge is 0.372 e. The number of nitrogens with zero attached hydrogens (tertiary/aromatic N) is 2. The van der Waals surface area contributed by atoms with Crippen molar-refractivity contribution < 1.29 is 14.5 Å². The molecule has 164 valence electrons. The molecule has 0 unspecified atom stereocenters. The van der Waals surface area contributed by atoms with Gasteiger partial charge < -0.3 is 15.5 Å². The number of hydrogen-bond donors (Lipinski definition) is 2. The van der Waals surface area contributed by atoms with Crippen molar-refractivity contribution in [2.45, 2.75) is 38.5 Å². The lowest BCUT2D eigenvalue weighted by Crippen LogP contribution is -2.36. The predicted octanol–water partition coefficient (Wildman–Crippen LogP) is 3.66. The maximum absolute atomic E-state index is 11.9. The van der Waals surface area contributed by atoms with Crippen LogP contribution in [0.25, 0.3) is 0 Å². The van der Waals surface area contributed by atoms with E-state index in [4.69, 9.17) is 0 Å². The molecule has 0 saturated carbocycles. The number of aryl methyl sites for hydroxylation is 1. The van der Waals surface area contributed by atoms with Crippen LogP contribution in [-0.2, 0) is 16.0 Å². The van der Waals surface area contributed by atoms with Gasteiger partial charge in [0.05, 0.1) is 4.92 Å². The molecule has 3 rings (SSSR count). The van der Waals surface area contributed by atoms with Crippen molar-refractivity contribution in [3.05, 3.63) is 64.2 Å². The smallest absolute Gasteiger partial charge is 0.313 e. The van der Waals surface area contributed by atoms with Gasteiger partial charge in [-0.05, 0) is 55.5 Å². The molecule has 1 saturated heterocycles. The van der Waals surface area contributed by atoms with Crippen molar-refractivity contribution in [3.8, 4) is 0 Å². The number of nitro groups is 1. The average Bonchev–Trinajstić information content (AvgIpc) is 3.07. The third-order valence-corrected chi connectivity index (χ3v) is 5.38. The molecule has 2 aromatic rings. The SMILES string of the molecule is O=C(NCCCc1ccc(N2CCCCCC2)cc1)C(=O)Nc1ccc([N+](=O)[O-])cc1. The Balaban J connectivity index is 1.38. The van der Waals surface area contributed by atoms with E-state index in [1.165, 1.54) is 61.2 Å². The molecular formula is C23H28N4O4. The van der Waals surface area contributed by atoms with E-state index < -0.39 is 16.7 Å². The molecular weight excluding hydrogens is 396 g/mol. The molecule has 8 nitrogen and oxygen atoms in total. The van der Waals surface area contributed by atoms with Crippen molar-refractivity contribution in [2.24, 2.45) is 0 Å². The molecule has 0 spiro atoms. The minimum Gasteiger partial charge on any atom is -0.372 e. The quantitative estimate of drug-likeness (QED) is 0.305. The zero-order valence-corrected chi connectivity index (χ0v) is 17.5. The van der Waals surface area contributed by atoms with Gasteiger partial charge in [0.2, 0.25) is 0 Å². The molecule has 1 aliphatic heterocycles. The van der Waals surface area contributed by atoms with Crippen LogP contribution in [0.2, 0.25) is 0 Å². The fraction of sp³-hybridized carbons (Fsp3) is 0.391.